The fourth-order valence-electron chi connectivity index (χ4n) is 9.65. The van der Waals surface area contributed by atoms with Gasteiger partial charge in [-0.25, -0.2) is 4.99 Å². The van der Waals surface area contributed by atoms with Crippen LogP contribution in [0.1, 0.15) is 42.5 Å². The van der Waals surface area contributed by atoms with E-state index in [1.165, 1.54) is 48.9 Å². The third-order valence-electron chi connectivity index (χ3n) is 12.8. The minimum Gasteiger partial charge on any atom is -0.456 e. The molecule has 0 bridgehead atoms. The molecule has 290 valence electrons. The summed E-state index contributed by atoms with van der Waals surface area (Å²) in [6.45, 7) is 2.35. The highest BCUT2D eigenvalue weighted by Crippen LogP contribution is 2.43. The number of hydrogen-bond donors (Lipinski definition) is 0. The summed E-state index contributed by atoms with van der Waals surface area (Å²) >= 11 is 0. The first-order valence-electron chi connectivity index (χ1n) is 21.3. The van der Waals surface area contributed by atoms with Gasteiger partial charge in [0.2, 0.25) is 0 Å². The van der Waals surface area contributed by atoms with E-state index >= 15 is 0 Å². The number of rotatable bonds is 5. The Hall–Kier alpha value is -7.56. The summed E-state index contributed by atoms with van der Waals surface area (Å²) in [7, 11) is 0. The number of hydrogen-bond acceptors (Lipinski definition) is 3. The zero-order valence-electron chi connectivity index (χ0n) is 33.8. The minimum atomic E-state index is -0.234. The van der Waals surface area contributed by atoms with Crippen molar-refractivity contribution in [1.29, 1.82) is 0 Å². The van der Waals surface area contributed by atoms with Gasteiger partial charge in [-0.05, 0) is 99.5 Å². The van der Waals surface area contributed by atoms with Crippen LogP contribution in [-0.4, -0.2) is 16.1 Å². The molecule has 0 amide bonds. The normalized spacial score (nSPS) is 16.0. The first-order valence-corrected chi connectivity index (χ1v) is 21.3. The summed E-state index contributed by atoms with van der Waals surface area (Å²) in [6, 6.07) is 69.5. The Kier molecular flexibility index (Phi) is 8.31. The largest absolute Gasteiger partial charge is 0.456 e. The van der Waals surface area contributed by atoms with Gasteiger partial charge in [0, 0.05) is 38.4 Å². The summed E-state index contributed by atoms with van der Waals surface area (Å²) < 4.78 is 9.33. The van der Waals surface area contributed by atoms with E-state index in [2.05, 4.69) is 206 Å². The van der Waals surface area contributed by atoms with Crippen LogP contribution >= 0.6 is 0 Å². The Morgan fingerprint density at radius 3 is 1.95 bits per heavy atom. The third kappa shape index (κ3) is 6.05. The van der Waals surface area contributed by atoms with E-state index in [0.29, 0.717) is 0 Å². The lowest BCUT2D eigenvalue weighted by Gasteiger charge is -2.25. The molecule has 1 unspecified atom stereocenters. The fourth-order valence-corrected chi connectivity index (χ4v) is 9.65. The van der Waals surface area contributed by atoms with Gasteiger partial charge in [-0.3, -0.25) is 4.99 Å². The molecule has 4 heteroatoms. The second-order valence-electron chi connectivity index (χ2n) is 16.6. The molecule has 2 atom stereocenters. The van der Waals surface area contributed by atoms with E-state index in [-0.39, 0.29) is 12.0 Å². The summed E-state index contributed by atoms with van der Waals surface area (Å²) in [6.07, 6.45) is 1.73. The monoisotopic (exact) mass is 783 g/mol. The van der Waals surface area contributed by atoms with Gasteiger partial charge < -0.3 is 8.98 Å². The lowest BCUT2D eigenvalue weighted by Crippen LogP contribution is -2.18. The van der Waals surface area contributed by atoms with Crippen LogP contribution in [0.25, 0.3) is 82.1 Å². The van der Waals surface area contributed by atoms with Gasteiger partial charge in [0.1, 0.15) is 11.2 Å². The summed E-state index contributed by atoms with van der Waals surface area (Å²) in [5, 5.41) is 9.55. The van der Waals surface area contributed by atoms with Crippen LogP contribution in [0.2, 0.25) is 0 Å². The average Bonchev–Trinajstić information content (AvgIpc) is 3.85. The smallest absolute Gasteiger partial charge is 0.155 e. The molecule has 0 saturated carbocycles. The molecule has 12 rings (SSSR count). The van der Waals surface area contributed by atoms with Crippen molar-refractivity contribution >= 4 is 76.8 Å². The number of nitrogens with zero attached hydrogens (tertiary/aromatic N) is 3. The average molecular weight is 784 g/mol. The van der Waals surface area contributed by atoms with Crippen molar-refractivity contribution in [2.45, 2.75) is 25.8 Å². The molecule has 1 aliphatic heterocycles. The first kappa shape index (κ1) is 35.4. The van der Waals surface area contributed by atoms with Crippen LogP contribution in [-0.2, 0) is 0 Å². The predicted octanol–water partition coefficient (Wildman–Crippen LogP) is 15.1. The standard InChI is InChI=1S/C57H41N3O/c1-36-23-30-51(44-29-26-38-15-5-6-16-41(38)31-44)58-57(40-27-24-39(25-28-40)37-13-3-2-4-14-37)59-55(36)50-35-45(34-49-47-20-10-12-22-54(47)61-56(49)50)60-52-21-11-9-19-46(52)48-32-42-17-7-8-18-43(42)33-53(48)60/h2-22,24-29,31-36,55H,23,30H2,1H3/t36-,55?/m1/s1. The Balaban J connectivity index is 1.10. The first-order chi connectivity index (χ1) is 30.1. The molecular formula is C57H41N3O. The van der Waals surface area contributed by atoms with Crippen molar-refractivity contribution in [3.63, 3.8) is 0 Å². The van der Waals surface area contributed by atoms with Crippen LogP contribution < -0.4 is 0 Å². The number of para-hydroxylation sites is 2. The third-order valence-corrected chi connectivity index (χ3v) is 12.8. The van der Waals surface area contributed by atoms with E-state index in [1.54, 1.807) is 0 Å². The zero-order valence-corrected chi connectivity index (χ0v) is 33.8. The SMILES string of the molecule is C[C@@H]1CCC(c2ccc3ccccc3c2)=NC(c2ccc(-c3ccccc3)cc2)=NC1c1cc(-n2c3ccccc3c3cc4ccccc4cc32)cc2c1oc1ccccc12. The van der Waals surface area contributed by atoms with Crippen molar-refractivity contribution in [3.05, 3.63) is 211 Å². The summed E-state index contributed by atoms with van der Waals surface area (Å²) in [5.41, 5.74) is 11.8. The highest BCUT2D eigenvalue weighted by atomic mass is 16.3. The maximum Gasteiger partial charge on any atom is 0.155 e. The van der Waals surface area contributed by atoms with Crippen LogP contribution in [0, 0.1) is 5.92 Å². The highest BCUT2D eigenvalue weighted by molar-refractivity contribution is 6.15. The van der Waals surface area contributed by atoms with Crippen molar-refractivity contribution in [2.75, 3.05) is 0 Å². The van der Waals surface area contributed by atoms with Gasteiger partial charge in [-0.2, -0.15) is 0 Å². The molecule has 0 N–H and O–H groups in total. The van der Waals surface area contributed by atoms with Gasteiger partial charge in [0.05, 0.1) is 22.8 Å². The topological polar surface area (TPSA) is 42.8 Å². The van der Waals surface area contributed by atoms with Gasteiger partial charge in [0.25, 0.3) is 0 Å². The Labute approximate surface area is 353 Å². The highest BCUT2D eigenvalue weighted by Gasteiger charge is 2.29. The van der Waals surface area contributed by atoms with Crippen molar-refractivity contribution in [3.8, 4) is 16.8 Å². The Morgan fingerprint density at radius 1 is 0.492 bits per heavy atom. The maximum atomic E-state index is 6.88. The molecule has 11 aromatic rings. The molecule has 0 spiro atoms. The van der Waals surface area contributed by atoms with Crippen molar-refractivity contribution in [1.82, 2.24) is 4.57 Å². The van der Waals surface area contributed by atoms with Crippen molar-refractivity contribution in [2.24, 2.45) is 15.9 Å². The van der Waals surface area contributed by atoms with Gasteiger partial charge in [0.15, 0.2) is 5.84 Å². The molecule has 4 nitrogen and oxygen atoms in total. The lowest BCUT2D eigenvalue weighted by molar-refractivity contribution is 0.444. The molecule has 9 aromatic carbocycles. The number of aliphatic imine (C=N–C) groups is 2. The van der Waals surface area contributed by atoms with Gasteiger partial charge >= 0.3 is 0 Å². The van der Waals surface area contributed by atoms with E-state index in [9.17, 15) is 0 Å². The lowest BCUT2D eigenvalue weighted by atomic mass is 9.87. The van der Waals surface area contributed by atoms with Crippen LogP contribution in [0.15, 0.2) is 209 Å². The van der Waals surface area contributed by atoms with Crippen molar-refractivity contribution < 1.29 is 4.42 Å². The number of furan rings is 1. The van der Waals surface area contributed by atoms with E-state index in [4.69, 9.17) is 14.4 Å². The van der Waals surface area contributed by atoms with Crippen LogP contribution in [0.3, 0.4) is 0 Å². The Morgan fingerprint density at radius 2 is 1.13 bits per heavy atom. The minimum absolute atomic E-state index is 0.165. The second kappa shape index (κ2) is 14.3. The maximum absolute atomic E-state index is 6.88. The fraction of sp³-hybridized carbons (Fsp3) is 0.0877. The Bertz CT molecular complexity index is 3550. The quantitative estimate of drug-likeness (QED) is 0.171. The number of benzene rings is 9. The van der Waals surface area contributed by atoms with Crippen LogP contribution in [0.4, 0.5) is 0 Å². The molecule has 0 radical (unpaired) electrons. The van der Waals surface area contributed by atoms with E-state index in [1.807, 2.05) is 0 Å². The molecule has 1 aliphatic rings. The van der Waals surface area contributed by atoms with Gasteiger partial charge in [-0.15, -0.1) is 0 Å². The number of amidine groups is 1. The molecule has 3 heterocycles. The molecule has 2 aromatic heterocycles. The van der Waals surface area contributed by atoms with E-state index in [0.717, 1.165) is 74.3 Å². The van der Waals surface area contributed by atoms with Crippen LogP contribution in [0.5, 0.6) is 0 Å². The predicted molar refractivity (Wildman–Crippen MR) is 256 cm³/mol. The molecule has 61 heavy (non-hydrogen) atoms. The molecule has 0 saturated heterocycles. The van der Waals surface area contributed by atoms with E-state index < -0.39 is 0 Å². The van der Waals surface area contributed by atoms with Gasteiger partial charge in [-0.1, -0.05) is 159 Å². The zero-order chi connectivity index (χ0) is 40.4. The summed E-state index contributed by atoms with van der Waals surface area (Å²) in [4.78, 5) is 11.3. The molecule has 0 fully saturated rings. The second-order valence-corrected chi connectivity index (χ2v) is 16.6. The summed E-state index contributed by atoms with van der Waals surface area (Å²) in [5.74, 6) is 0.899. The number of fused-ring (bicyclic) bond motifs is 8. The molecule has 0 aliphatic carbocycles. The number of aromatic nitrogens is 1. The molecular weight excluding hydrogens is 743 g/mol.